The predicted octanol–water partition coefficient (Wildman–Crippen LogP) is 3.85. The van der Waals surface area contributed by atoms with Crippen molar-refractivity contribution in [2.45, 2.75) is 26.8 Å². The number of likely N-dealkylation sites (N-methyl/N-ethyl adjacent to an activating group) is 1. The highest BCUT2D eigenvalue weighted by Crippen LogP contribution is 2.27. The third-order valence-corrected chi connectivity index (χ3v) is 5.17. The molecule has 0 fully saturated rings. The summed E-state index contributed by atoms with van der Waals surface area (Å²) in [6.07, 6.45) is 6.41. The van der Waals surface area contributed by atoms with Gasteiger partial charge in [0.2, 0.25) is 0 Å². The molecular weight excluding hydrogens is 531 g/mol. The Morgan fingerprint density at radius 2 is 1.85 bits per heavy atom. The molecule has 2 aromatic heterocycles. The molecule has 1 N–H and O–H groups in total. The summed E-state index contributed by atoms with van der Waals surface area (Å²) in [5.74, 6) is 4.11. The van der Waals surface area contributed by atoms with Crippen LogP contribution < -0.4 is 14.8 Å². The van der Waals surface area contributed by atoms with Crippen molar-refractivity contribution >= 4 is 29.9 Å². The van der Waals surface area contributed by atoms with E-state index in [-0.39, 0.29) is 24.0 Å². The van der Waals surface area contributed by atoms with Crippen molar-refractivity contribution in [1.82, 2.24) is 24.8 Å². The summed E-state index contributed by atoms with van der Waals surface area (Å²) in [6.45, 7) is 6.20. The molecule has 3 aromatic rings. The smallest absolute Gasteiger partial charge is 0.193 e. The van der Waals surface area contributed by atoms with E-state index in [1.807, 2.05) is 49.1 Å². The van der Waals surface area contributed by atoms with Gasteiger partial charge in [0, 0.05) is 38.7 Å². The fraction of sp³-hybridized carbons (Fsp3) is 0.375. The maximum atomic E-state index is 5.41. The van der Waals surface area contributed by atoms with E-state index in [4.69, 9.17) is 14.5 Å². The Balaban J connectivity index is 0.00000385. The summed E-state index contributed by atoms with van der Waals surface area (Å²) in [7, 11) is 5.35. The van der Waals surface area contributed by atoms with Crippen LogP contribution in [0.5, 0.6) is 11.5 Å². The van der Waals surface area contributed by atoms with Gasteiger partial charge < -0.3 is 19.7 Å². The molecule has 178 valence electrons. The van der Waals surface area contributed by atoms with Gasteiger partial charge in [-0.05, 0) is 49.6 Å². The second kappa shape index (κ2) is 13.0. The number of pyridine rings is 1. The summed E-state index contributed by atoms with van der Waals surface area (Å²) in [6, 6.07) is 10.1. The molecule has 2 heterocycles. The lowest BCUT2D eigenvalue weighted by molar-refractivity contribution is 0.354. The predicted molar refractivity (Wildman–Crippen MR) is 142 cm³/mol. The standard InChI is InChI=1S/C24H32N6O2.HI/c1-6-25-24(29(3)13-11-19-7-9-21(31-4)22(15-19)32-5)28-17-20-8-10-23(27-16-20)30-14-12-26-18(30)2;/h7-10,12,14-16H,6,11,13,17H2,1-5H3,(H,25,28);1H. The first-order chi connectivity index (χ1) is 15.5. The van der Waals surface area contributed by atoms with Crippen LogP contribution in [-0.4, -0.2) is 59.8 Å². The van der Waals surface area contributed by atoms with E-state index >= 15 is 0 Å². The van der Waals surface area contributed by atoms with Crippen LogP contribution in [-0.2, 0) is 13.0 Å². The molecule has 0 atom stereocenters. The van der Waals surface area contributed by atoms with Gasteiger partial charge in [-0.15, -0.1) is 24.0 Å². The van der Waals surface area contributed by atoms with E-state index in [0.29, 0.717) is 6.54 Å². The van der Waals surface area contributed by atoms with E-state index in [0.717, 1.165) is 54.2 Å². The number of aliphatic imine (C=N–C) groups is 1. The lowest BCUT2D eigenvalue weighted by atomic mass is 10.1. The van der Waals surface area contributed by atoms with Crippen LogP contribution in [0.3, 0.4) is 0 Å². The number of aryl methyl sites for hydroxylation is 1. The van der Waals surface area contributed by atoms with Crippen molar-refractivity contribution < 1.29 is 9.47 Å². The largest absolute Gasteiger partial charge is 0.493 e. The van der Waals surface area contributed by atoms with Crippen molar-refractivity contribution in [3.63, 3.8) is 0 Å². The van der Waals surface area contributed by atoms with Crippen molar-refractivity contribution in [2.24, 2.45) is 4.99 Å². The Bertz CT molecular complexity index is 1040. The van der Waals surface area contributed by atoms with Gasteiger partial charge in [-0.2, -0.15) is 0 Å². The number of nitrogens with one attached hydrogen (secondary N) is 1. The molecule has 0 saturated heterocycles. The molecule has 0 spiro atoms. The first-order valence-electron chi connectivity index (χ1n) is 10.7. The van der Waals surface area contributed by atoms with Gasteiger partial charge in [0.1, 0.15) is 11.6 Å². The van der Waals surface area contributed by atoms with Crippen molar-refractivity contribution in [1.29, 1.82) is 0 Å². The molecule has 0 radical (unpaired) electrons. The number of hydrogen-bond acceptors (Lipinski definition) is 5. The maximum Gasteiger partial charge on any atom is 0.193 e. The number of guanidine groups is 1. The lowest BCUT2D eigenvalue weighted by Crippen LogP contribution is -2.39. The summed E-state index contributed by atoms with van der Waals surface area (Å²) >= 11 is 0. The zero-order valence-electron chi connectivity index (χ0n) is 19.9. The highest BCUT2D eigenvalue weighted by atomic mass is 127. The van der Waals surface area contributed by atoms with Crippen molar-refractivity contribution in [3.8, 4) is 17.3 Å². The minimum absolute atomic E-state index is 0. The first-order valence-corrected chi connectivity index (χ1v) is 10.7. The van der Waals surface area contributed by atoms with Crippen LogP contribution in [0.2, 0.25) is 0 Å². The van der Waals surface area contributed by atoms with Crippen molar-refractivity contribution in [2.75, 3.05) is 34.4 Å². The third kappa shape index (κ3) is 7.08. The maximum absolute atomic E-state index is 5.41. The van der Waals surface area contributed by atoms with Crippen LogP contribution in [0.25, 0.3) is 5.82 Å². The van der Waals surface area contributed by atoms with Crippen LogP contribution >= 0.6 is 24.0 Å². The van der Waals surface area contributed by atoms with Gasteiger partial charge >= 0.3 is 0 Å². The van der Waals surface area contributed by atoms with Crippen molar-refractivity contribution in [3.05, 3.63) is 65.9 Å². The molecule has 0 bridgehead atoms. The molecule has 33 heavy (non-hydrogen) atoms. The molecule has 0 unspecified atom stereocenters. The van der Waals surface area contributed by atoms with E-state index < -0.39 is 0 Å². The number of benzene rings is 1. The fourth-order valence-corrected chi connectivity index (χ4v) is 3.35. The number of aromatic nitrogens is 3. The summed E-state index contributed by atoms with van der Waals surface area (Å²) < 4.78 is 12.7. The van der Waals surface area contributed by atoms with Crippen LogP contribution in [0.1, 0.15) is 23.9 Å². The number of hydrogen-bond donors (Lipinski definition) is 1. The quantitative estimate of drug-likeness (QED) is 0.242. The molecule has 1 aromatic carbocycles. The summed E-state index contributed by atoms with van der Waals surface area (Å²) in [4.78, 5) is 15.7. The average Bonchev–Trinajstić information content (AvgIpc) is 3.26. The van der Waals surface area contributed by atoms with E-state index in [9.17, 15) is 0 Å². The Morgan fingerprint density at radius 1 is 1.09 bits per heavy atom. The highest BCUT2D eigenvalue weighted by Gasteiger charge is 2.09. The molecule has 0 saturated carbocycles. The summed E-state index contributed by atoms with van der Waals surface area (Å²) in [5, 5.41) is 3.37. The Hall–Kier alpha value is -2.82. The van der Waals surface area contributed by atoms with Crippen LogP contribution in [0, 0.1) is 6.92 Å². The van der Waals surface area contributed by atoms with Gasteiger partial charge in [0.25, 0.3) is 0 Å². The summed E-state index contributed by atoms with van der Waals surface area (Å²) in [5.41, 5.74) is 2.23. The number of methoxy groups -OCH3 is 2. The van der Waals surface area contributed by atoms with Gasteiger partial charge in [-0.25, -0.2) is 15.0 Å². The molecule has 3 rings (SSSR count). The van der Waals surface area contributed by atoms with E-state index in [1.54, 1.807) is 20.4 Å². The van der Waals surface area contributed by atoms with E-state index in [2.05, 4.69) is 39.2 Å². The Kier molecular flexibility index (Phi) is 10.4. The highest BCUT2D eigenvalue weighted by molar-refractivity contribution is 14.0. The van der Waals surface area contributed by atoms with Gasteiger partial charge in [0.05, 0.1) is 20.8 Å². The molecule has 0 aliphatic rings. The molecule has 9 heteroatoms. The number of halogens is 1. The molecule has 0 aliphatic heterocycles. The third-order valence-electron chi connectivity index (χ3n) is 5.17. The second-order valence-corrected chi connectivity index (χ2v) is 7.40. The fourth-order valence-electron chi connectivity index (χ4n) is 3.35. The topological polar surface area (TPSA) is 76.8 Å². The minimum atomic E-state index is 0. The molecule has 0 amide bonds. The second-order valence-electron chi connectivity index (χ2n) is 7.40. The van der Waals surface area contributed by atoms with Crippen LogP contribution in [0.15, 0.2) is 53.9 Å². The SMILES string of the molecule is CCNC(=NCc1ccc(-n2ccnc2C)nc1)N(C)CCc1ccc(OC)c(OC)c1.I. The minimum Gasteiger partial charge on any atom is -0.493 e. The Morgan fingerprint density at radius 3 is 2.45 bits per heavy atom. The normalized spacial score (nSPS) is 11.0. The zero-order chi connectivity index (χ0) is 22.9. The van der Waals surface area contributed by atoms with Gasteiger partial charge in [-0.1, -0.05) is 12.1 Å². The molecule has 8 nitrogen and oxygen atoms in total. The van der Waals surface area contributed by atoms with Crippen LogP contribution in [0.4, 0.5) is 0 Å². The number of nitrogens with zero attached hydrogens (tertiary/aromatic N) is 5. The number of rotatable bonds is 9. The molecular formula is C24H33IN6O2. The Labute approximate surface area is 213 Å². The van der Waals surface area contributed by atoms with Gasteiger partial charge in [-0.3, -0.25) is 4.57 Å². The monoisotopic (exact) mass is 564 g/mol. The van der Waals surface area contributed by atoms with E-state index in [1.165, 1.54) is 5.56 Å². The zero-order valence-corrected chi connectivity index (χ0v) is 22.2. The number of ether oxygens (including phenoxy) is 2. The lowest BCUT2D eigenvalue weighted by Gasteiger charge is -2.22. The van der Waals surface area contributed by atoms with Gasteiger partial charge in [0.15, 0.2) is 17.5 Å². The number of imidazole rings is 1. The first kappa shape index (κ1) is 26.4. The average molecular weight is 564 g/mol. The molecule has 0 aliphatic carbocycles.